The third-order valence-corrected chi connectivity index (χ3v) is 6.08. The number of urea groups is 1. The molecule has 0 aliphatic carbocycles. The summed E-state index contributed by atoms with van der Waals surface area (Å²) >= 11 is 1.49. The maximum Gasteiger partial charge on any atom is 0.339 e. The van der Waals surface area contributed by atoms with Crippen LogP contribution in [-0.4, -0.2) is 42.3 Å². The van der Waals surface area contributed by atoms with Crippen LogP contribution in [-0.2, 0) is 20.9 Å². The molecule has 5 amide bonds. The zero-order valence-electron chi connectivity index (χ0n) is 18.1. The topological polar surface area (TPSA) is 87.2 Å². The molecule has 0 bridgehead atoms. The van der Waals surface area contributed by atoms with Gasteiger partial charge in [-0.15, -0.1) is 11.3 Å². The average molecular weight is 464 g/mol. The first-order chi connectivity index (χ1) is 15.9. The highest BCUT2D eigenvalue weighted by atomic mass is 32.1. The van der Waals surface area contributed by atoms with Crippen LogP contribution < -0.4 is 14.5 Å². The Kier molecular flexibility index (Phi) is 6.23. The fraction of sp³-hybridized carbons (Fsp3) is 0.167. The van der Waals surface area contributed by atoms with Crippen molar-refractivity contribution in [2.45, 2.75) is 13.5 Å². The summed E-state index contributed by atoms with van der Waals surface area (Å²) in [5, 5.41) is 1.90. The predicted molar refractivity (Wildman–Crippen MR) is 124 cm³/mol. The largest absolute Gasteiger partial charge is 0.497 e. The number of carbonyl (C=O) groups excluding carboxylic acids is 4. The van der Waals surface area contributed by atoms with Crippen molar-refractivity contribution in [3.8, 4) is 5.75 Å². The van der Waals surface area contributed by atoms with Gasteiger partial charge in [0.25, 0.3) is 0 Å². The van der Waals surface area contributed by atoms with Crippen molar-refractivity contribution in [3.05, 3.63) is 76.5 Å². The minimum atomic E-state index is -1.03. The van der Waals surface area contributed by atoms with E-state index in [4.69, 9.17) is 4.74 Å². The Hall–Kier alpha value is -3.98. The molecule has 0 saturated carbocycles. The van der Waals surface area contributed by atoms with Gasteiger partial charge in [-0.05, 0) is 54.8 Å². The smallest absolute Gasteiger partial charge is 0.339 e. The van der Waals surface area contributed by atoms with Crippen molar-refractivity contribution in [3.63, 3.8) is 0 Å². The molecular weight excluding hydrogens is 442 g/mol. The van der Waals surface area contributed by atoms with E-state index in [2.05, 4.69) is 0 Å². The number of aryl methyl sites for hydroxylation is 1. The Morgan fingerprint density at radius 1 is 0.970 bits per heavy atom. The van der Waals surface area contributed by atoms with Crippen LogP contribution in [0, 0.1) is 6.92 Å². The fourth-order valence-electron chi connectivity index (χ4n) is 3.43. The summed E-state index contributed by atoms with van der Waals surface area (Å²) in [5.74, 6) is -1.87. The lowest BCUT2D eigenvalue weighted by atomic mass is 10.2. The number of imide groups is 2. The maximum absolute atomic E-state index is 13.3. The minimum absolute atomic E-state index is 0.259. The molecule has 1 aliphatic heterocycles. The van der Waals surface area contributed by atoms with Crippen molar-refractivity contribution >= 4 is 46.5 Å². The van der Waals surface area contributed by atoms with Crippen LogP contribution in [0.15, 0.2) is 66.0 Å². The second kappa shape index (κ2) is 9.25. The summed E-state index contributed by atoms with van der Waals surface area (Å²) in [6.45, 7) is 1.58. The summed E-state index contributed by atoms with van der Waals surface area (Å²) in [6, 6.07) is 16.5. The van der Waals surface area contributed by atoms with E-state index in [-0.39, 0.29) is 12.2 Å². The summed E-state index contributed by atoms with van der Waals surface area (Å²) < 4.78 is 5.18. The van der Waals surface area contributed by atoms with Crippen LogP contribution in [0.5, 0.6) is 5.75 Å². The SMILES string of the molecule is COc1ccc(N(Cc2cccs2)C(=O)CN2C(=O)C(=O)N(c3ccc(C)cc3)C2=O)cc1. The first kappa shape index (κ1) is 22.2. The predicted octanol–water partition coefficient (Wildman–Crippen LogP) is 3.59. The van der Waals surface area contributed by atoms with Crippen molar-refractivity contribution < 1.29 is 23.9 Å². The number of amides is 5. The normalized spacial score (nSPS) is 13.6. The number of hydrogen-bond acceptors (Lipinski definition) is 6. The van der Waals surface area contributed by atoms with E-state index in [1.54, 1.807) is 55.6 Å². The lowest BCUT2D eigenvalue weighted by molar-refractivity contribution is -0.140. The number of ether oxygens (including phenoxy) is 1. The number of hydrogen-bond donors (Lipinski definition) is 0. The van der Waals surface area contributed by atoms with E-state index in [9.17, 15) is 19.2 Å². The molecule has 0 spiro atoms. The Morgan fingerprint density at radius 3 is 2.27 bits per heavy atom. The van der Waals surface area contributed by atoms with Crippen LogP contribution >= 0.6 is 11.3 Å². The number of benzene rings is 2. The molecule has 4 rings (SSSR count). The zero-order valence-corrected chi connectivity index (χ0v) is 18.9. The van der Waals surface area contributed by atoms with E-state index < -0.39 is 30.3 Å². The van der Waals surface area contributed by atoms with E-state index in [1.807, 2.05) is 24.4 Å². The number of carbonyl (C=O) groups is 4. The highest BCUT2D eigenvalue weighted by Crippen LogP contribution is 2.25. The Labute approximate surface area is 194 Å². The first-order valence-corrected chi connectivity index (χ1v) is 11.0. The molecule has 33 heavy (non-hydrogen) atoms. The second-order valence-electron chi connectivity index (χ2n) is 7.41. The van der Waals surface area contributed by atoms with Crippen LogP contribution in [0.1, 0.15) is 10.4 Å². The van der Waals surface area contributed by atoms with Gasteiger partial charge in [0.1, 0.15) is 12.3 Å². The molecule has 0 atom stereocenters. The molecule has 0 unspecified atom stereocenters. The number of nitrogens with zero attached hydrogens (tertiary/aromatic N) is 3. The van der Waals surface area contributed by atoms with Gasteiger partial charge in [-0.2, -0.15) is 0 Å². The van der Waals surface area contributed by atoms with Gasteiger partial charge < -0.3 is 9.64 Å². The highest BCUT2D eigenvalue weighted by molar-refractivity contribution is 7.09. The minimum Gasteiger partial charge on any atom is -0.497 e. The lowest BCUT2D eigenvalue weighted by Crippen LogP contribution is -2.43. The molecule has 1 saturated heterocycles. The molecule has 3 aromatic rings. The molecule has 168 valence electrons. The van der Waals surface area contributed by atoms with E-state index in [0.29, 0.717) is 16.3 Å². The van der Waals surface area contributed by atoms with E-state index in [1.165, 1.54) is 16.2 Å². The quantitative estimate of drug-likeness (QED) is 0.395. The molecule has 8 nitrogen and oxygen atoms in total. The molecular formula is C24H21N3O5S. The van der Waals surface area contributed by atoms with Crippen LogP contribution in [0.2, 0.25) is 0 Å². The van der Waals surface area contributed by atoms with Crippen molar-refractivity contribution in [1.82, 2.24) is 4.90 Å². The van der Waals surface area contributed by atoms with Crippen LogP contribution in [0.4, 0.5) is 16.2 Å². The average Bonchev–Trinajstić information content (AvgIpc) is 3.41. The molecule has 0 radical (unpaired) electrons. The number of rotatable bonds is 7. The Bertz CT molecular complexity index is 1190. The maximum atomic E-state index is 13.3. The van der Waals surface area contributed by atoms with Crippen LogP contribution in [0.25, 0.3) is 0 Å². The molecule has 2 aromatic carbocycles. The number of methoxy groups -OCH3 is 1. The van der Waals surface area contributed by atoms with Crippen molar-refractivity contribution in [1.29, 1.82) is 0 Å². The van der Waals surface area contributed by atoms with E-state index >= 15 is 0 Å². The summed E-state index contributed by atoms with van der Waals surface area (Å²) in [5.41, 5.74) is 1.81. The summed E-state index contributed by atoms with van der Waals surface area (Å²) in [6.07, 6.45) is 0. The number of thiophene rings is 1. The highest BCUT2D eigenvalue weighted by Gasteiger charge is 2.46. The molecule has 2 heterocycles. The monoisotopic (exact) mass is 463 g/mol. The van der Waals surface area contributed by atoms with Gasteiger partial charge in [-0.1, -0.05) is 23.8 Å². The van der Waals surface area contributed by atoms with Crippen LogP contribution in [0.3, 0.4) is 0 Å². The number of anilines is 2. The van der Waals surface area contributed by atoms with Gasteiger partial charge in [0.05, 0.1) is 19.3 Å². The van der Waals surface area contributed by atoms with Crippen molar-refractivity contribution in [2.24, 2.45) is 0 Å². The summed E-state index contributed by atoms with van der Waals surface area (Å²) in [7, 11) is 1.55. The first-order valence-electron chi connectivity index (χ1n) is 10.1. The third kappa shape index (κ3) is 4.49. The molecule has 1 aliphatic rings. The van der Waals surface area contributed by atoms with Gasteiger partial charge in [0.2, 0.25) is 5.91 Å². The molecule has 1 aromatic heterocycles. The van der Waals surface area contributed by atoms with Gasteiger partial charge in [0, 0.05) is 10.6 Å². The Morgan fingerprint density at radius 2 is 1.67 bits per heavy atom. The second-order valence-corrected chi connectivity index (χ2v) is 8.44. The van der Waals surface area contributed by atoms with Gasteiger partial charge in [0.15, 0.2) is 0 Å². The molecule has 1 fully saturated rings. The Balaban J connectivity index is 1.58. The summed E-state index contributed by atoms with van der Waals surface area (Å²) in [4.78, 5) is 55.2. The van der Waals surface area contributed by atoms with Gasteiger partial charge >= 0.3 is 17.8 Å². The van der Waals surface area contributed by atoms with Gasteiger partial charge in [-0.25, -0.2) is 14.6 Å². The van der Waals surface area contributed by atoms with Crippen molar-refractivity contribution in [2.75, 3.05) is 23.5 Å². The lowest BCUT2D eigenvalue weighted by Gasteiger charge is -2.24. The fourth-order valence-corrected chi connectivity index (χ4v) is 4.12. The zero-order chi connectivity index (χ0) is 23.5. The van der Waals surface area contributed by atoms with E-state index in [0.717, 1.165) is 15.3 Å². The molecule has 0 N–H and O–H groups in total. The molecule has 9 heteroatoms. The third-order valence-electron chi connectivity index (χ3n) is 5.22. The standard InChI is InChI=1S/C24H21N3O5S/c1-16-5-7-18(8-6-16)27-23(30)22(29)26(24(27)31)15-21(28)25(14-20-4-3-13-33-20)17-9-11-19(32-2)12-10-17/h3-13H,14-15H2,1-2H3. The van der Waals surface area contributed by atoms with Gasteiger partial charge in [-0.3, -0.25) is 14.4 Å².